The fraction of sp³-hybridized carbons (Fsp3) is 0.500. The second-order valence-corrected chi connectivity index (χ2v) is 4.58. The maximum atomic E-state index is 12.3. The van der Waals surface area contributed by atoms with E-state index in [0.717, 1.165) is 12.2 Å². The molecule has 0 heterocycles. The number of nitrogens with zero attached hydrogens (tertiary/aromatic N) is 1. The number of rotatable bonds is 8. The number of hydrogen-bond donors (Lipinski definition) is 0. The molecule has 0 aromatic heterocycles. The van der Waals surface area contributed by atoms with E-state index in [0.29, 0.717) is 25.3 Å². The number of esters is 1. The molecule has 0 N–H and O–H groups in total. The van der Waals surface area contributed by atoms with Gasteiger partial charge in [0.2, 0.25) is 0 Å². The highest BCUT2D eigenvalue weighted by Gasteiger charge is 2.15. The van der Waals surface area contributed by atoms with E-state index in [1.165, 1.54) is 7.11 Å². The average Bonchev–Trinajstić information content (AvgIpc) is 2.53. The highest BCUT2D eigenvalue weighted by Crippen LogP contribution is 2.14. The van der Waals surface area contributed by atoms with Crippen LogP contribution in [0.3, 0.4) is 0 Å². The van der Waals surface area contributed by atoms with E-state index in [1.807, 2.05) is 13.8 Å². The minimum atomic E-state index is -0.315. The summed E-state index contributed by atoms with van der Waals surface area (Å²) in [5.74, 6) is 0.346. The van der Waals surface area contributed by atoms with Crippen molar-refractivity contribution in [1.82, 2.24) is 4.90 Å². The van der Waals surface area contributed by atoms with Crippen LogP contribution in [0.2, 0.25) is 0 Å². The first-order chi connectivity index (χ1) is 10.1. The molecule has 1 aromatic rings. The summed E-state index contributed by atoms with van der Waals surface area (Å²) in [5.41, 5.74) is 0.588. The summed E-state index contributed by atoms with van der Waals surface area (Å²) in [6, 6.07) is 7.07. The lowest BCUT2D eigenvalue weighted by atomic mass is 10.2. The van der Waals surface area contributed by atoms with Crippen LogP contribution in [0.4, 0.5) is 0 Å². The molecule has 1 amide bonds. The molecular formula is C16H23NO4. The van der Waals surface area contributed by atoms with Gasteiger partial charge in [-0.3, -0.25) is 9.59 Å². The molecule has 0 radical (unpaired) electrons. The Balaban J connectivity index is 2.64. The van der Waals surface area contributed by atoms with Gasteiger partial charge in [-0.25, -0.2) is 0 Å². The van der Waals surface area contributed by atoms with Gasteiger partial charge < -0.3 is 14.4 Å². The molecule has 0 fully saturated rings. The van der Waals surface area contributed by atoms with Gasteiger partial charge in [-0.15, -0.1) is 0 Å². The van der Waals surface area contributed by atoms with Crippen LogP contribution in [0.1, 0.15) is 37.0 Å². The third kappa shape index (κ3) is 5.45. The van der Waals surface area contributed by atoms with Crippen molar-refractivity contribution in [3.05, 3.63) is 29.8 Å². The average molecular weight is 293 g/mol. The summed E-state index contributed by atoms with van der Waals surface area (Å²) in [6.45, 7) is 5.49. The minimum absolute atomic E-state index is 0.0940. The van der Waals surface area contributed by atoms with Gasteiger partial charge in [0.15, 0.2) is 0 Å². The molecule has 1 rings (SSSR count). The summed E-state index contributed by atoms with van der Waals surface area (Å²) >= 11 is 0. The molecule has 116 valence electrons. The zero-order chi connectivity index (χ0) is 15.7. The van der Waals surface area contributed by atoms with Gasteiger partial charge in [-0.2, -0.15) is 0 Å². The fourth-order valence-corrected chi connectivity index (χ4v) is 1.83. The quantitative estimate of drug-likeness (QED) is 0.691. The molecule has 0 spiro atoms. The van der Waals surface area contributed by atoms with Gasteiger partial charge in [-0.05, 0) is 37.6 Å². The Morgan fingerprint density at radius 2 is 1.81 bits per heavy atom. The Hall–Kier alpha value is -2.04. The Kier molecular flexibility index (Phi) is 7.29. The van der Waals surface area contributed by atoms with Crippen molar-refractivity contribution in [2.45, 2.75) is 26.7 Å². The van der Waals surface area contributed by atoms with Crippen LogP contribution < -0.4 is 4.74 Å². The van der Waals surface area contributed by atoms with Crippen LogP contribution >= 0.6 is 0 Å². The summed E-state index contributed by atoms with van der Waals surface area (Å²) in [5, 5.41) is 0. The SMILES string of the molecule is CCCOc1ccc(C(=O)N(CC)CCC(=O)OC)cc1. The van der Waals surface area contributed by atoms with Crippen molar-refractivity contribution in [2.24, 2.45) is 0 Å². The normalized spacial score (nSPS) is 10.0. The van der Waals surface area contributed by atoms with Crippen molar-refractivity contribution in [3.8, 4) is 5.75 Å². The molecule has 0 aliphatic heterocycles. The Morgan fingerprint density at radius 3 is 2.33 bits per heavy atom. The van der Waals surface area contributed by atoms with Crippen molar-refractivity contribution >= 4 is 11.9 Å². The molecule has 5 heteroatoms. The van der Waals surface area contributed by atoms with E-state index >= 15 is 0 Å². The predicted octanol–water partition coefficient (Wildman–Crippen LogP) is 2.50. The van der Waals surface area contributed by atoms with E-state index in [4.69, 9.17) is 4.74 Å². The summed E-state index contributed by atoms with van der Waals surface area (Å²) in [4.78, 5) is 25.1. The van der Waals surface area contributed by atoms with Crippen molar-refractivity contribution in [2.75, 3.05) is 26.8 Å². The highest BCUT2D eigenvalue weighted by molar-refractivity contribution is 5.94. The van der Waals surface area contributed by atoms with Gasteiger partial charge >= 0.3 is 5.97 Å². The van der Waals surface area contributed by atoms with E-state index in [9.17, 15) is 9.59 Å². The number of carbonyl (C=O) groups excluding carboxylic acids is 2. The van der Waals surface area contributed by atoms with Crippen molar-refractivity contribution < 1.29 is 19.1 Å². The van der Waals surface area contributed by atoms with Crippen LogP contribution in [-0.2, 0) is 9.53 Å². The molecule has 0 unspecified atom stereocenters. The van der Waals surface area contributed by atoms with Gasteiger partial charge in [0.1, 0.15) is 5.75 Å². The zero-order valence-electron chi connectivity index (χ0n) is 12.9. The number of amides is 1. The maximum absolute atomic E-state index is 12.3. The zero-order valence-corrected chi connectivity index (χ0v) is 12.9. The maximum Gasteiger partial charge on any atom is 0.307 e. The summed E-state index contributed by atoms with van der Waals surface area (Å²) in [6.07, 6.45) is 1.14. The minimum Gasteiger partial charge on any atom is -0.494 e. The van der Waals surface area contributed by atoms with Crippen LogP contribution in [0.5, 0.6) is 5.75 Å². The third-order valence-electron chi connectivity index (χ3n) is 3.06. The van der Waals surface area contributed by atoms with E-state index in [-0.39, 0.29) is 18.3 Å². The van der Waals surface area contributed by atoms with Gasteiger partial charge in [0, 0.05) is 18.7 Å². The third-order valence-corrected chi connectivity index (χ3v) is 3.06. The largest absolute Gasteiger partial charge is 0.494 e. The van der Waals surface area contributed by atoms with Crippen LogP contribution in [-0.4, -0.2) is 43.6 Å². The van der Waals surface area contributed by atoms with Crippen LogP contribution in [0, 0.1) is 0 Å². The molecule has 0 atom stereocenters. The smallest absolute Gasteiger partial charge is 0.307 e. The summed E-state index contributed by atoms with van der Waals surface area (Å²) < 4.78 is 10.1. The molecule has 0 saturated carbocycles. The molecule has 21 heavy (non-hydrogen) atoms. The van der Waals surface area contributed by atoms with Gasteiger partial charge in [-0.1, -0.05) is 6.92 Å². The molecule has 0 bridgehead atoms. The Bertz CT molecular complexity index is 456. The second-order valence-electron chi connectivity index (χ2n) is 4.58. The van der Waals surface area contributed by atoms with Crippen molar-refractivity contribution in [3.63, 3.8) is 0 Å². The van der Waals surface area contributed by atoms with E-state index in [2.05, 4.69) is 4.74 Å². The Morgan fingerprint density at radius 1 is 1.14 bits per heavy atom. The van der Waals surface area contributed by atoms with E-state index in [1.54, 1.807) is 29.2 Å². The number of ether oxygens (including phenoxy) is 2. The molecule has 0 aliphatic rings. The molecule has 5 nitrogen and oxygen atoms in total. The lowest BCUT2D eigenvalue weighted by molar-refractivity contribution is -0.140. The molecule has 0 aliphatic carbocycles. The first-order valence-electron chi connectivity index (χ1n) is 7.21. The number of methoxy groups -OCH3 is 1. The topological polar surface area (TPSA) is 55.8 Å². The number of carbonyl (C=O) groups is 2. The van der Waals surface area contributed by atoms with Gasteiger partial charge in [0.25, 0.3) is 5.91 Å². The number of hydrogen-bond acceptors (Lipinski definition) is 4. The number of benzene rings is 1. The van der Waals surface area contributed by atoms with Crippen LogP contribution in [0.15, 0.2) is 24.3 Å². The molecular weight excluding hydrogens is 270 g/mol. The van der Waals surface area contributed by atoms with E-state index < -0.39 is 0 Å². The Labute approximate surface area is 125 Å². The summed E-state index contributed by atoms with van der Waals surface area (Å²) in [7, 11) is 1.34. The first-order valence-corrected chi connectivity index (χ1v) is 7.21. The fourth-order valence-electron chi connectivity index (χ4n) is 1.83. The van der Waals surface area contributed by atoms with Crippen LogP contribution in [0.25, 0.3) is 0 Å². The standard InChI is InChI=1S/C16H23NO4/c1-4-12-21-14-8-6-13(7-9-14)16(19)17(5-2)11-10-15(18)20-3/h6-9H,4-5,10-12H2,1-3H3. The predicted molar refractivity (Wildman–Crippen MR) is 80.4 cm³/mol. The first kappa shape index (κ1) is 17.0. The molecule has 1 aromatic carbocycles. The monoisotopic (exact) mass is 293 g/mol. The lowest BCUT2D eigenvalue weighted by Crippen LogP contribution is -2.33. The molecule has 0 saturated heterocycles. The van der Waals surface area contributed by atoms with Gasteiger partial charge in [0.05, 0.1) is 20.1 Å². The lowest BCUT2D eigenvalue weighted by Gasteiger charge is -2.20. The second kappa shape index (κ2) is 9.00. The van der Waals surface area contributed by atoms with Crippen molar-refractivity contribution in [1.29, 1.82) is 0 Å². The highest BCUT2D eigenvalue weighted by atomic mass is 16.5.